The fourth-order valence-corrected chi connectivity index (χ4v) is 2.44. The molecule has 0 aliphatic carbocycles. The van der Waals surface area contributed by atoms with E-state index in [9.17, 15) is 13.2 Å². The fraction of sp³-hybridized carbons (Fsp3) is 0.364. The zero-order valence-corrected chi connectivity index (χ0v) is 11.1. The van der Waals surface area contributed by atoms with Gasteiger partial charge in [0, 0.05) is 20.6 Å². The van der Waals surface area contributed by atoms with Crippen LogP contribution in [0.3, 0.4) is 0 Å². The molecule has 1 aromatic carbocycles. The van der Waals surface area contributed by atoms with Gasteiger partial charge < -0.3 is 5.11 Å². The maximum absolute atomic E-state index is 12.0. The van der Waals surface area contributed by atoms with Gasteiger partial charge in [0.1, 0.15) is 6.54 Å². The van der Waals surface area contributed by atoms with Crippen LogP contribution >= 0.6 is 0 Å². The Morgan fingerprint density at radius 1 is 1.22 bits per heavy atom. The van der Waals surface area contributed by atoms with E-state index in [4.69, 9.17) is 5.11 Å². The summed E-state index contributed by atoms with van der Waals surface area (Å²) in [6.07, 6.45) is 0. The maximum atomic E-state index is 12.0. The van der Waals surface area contributed by atoms with Gasteiger partial charge in [-0.25, -0.2) is 0 Å². The first-order valence-corrected chi connectivity index (χ1v) is 6.67. The van der Waals surface area contributed by atoms with Gasteiger partial charge in [0.2, 0.25) is 0 Å². The highest BCUT2D eigenvalue weighted by molar-refractivity contribution is 7.86. The molecule has 0 atom stereocenters. The van der Waals surface area contributed by atoms with E-state index in [0.717, 1.165) is 14.2 Å². The number of aliphatic carboxylic acids is 1. The predicted octanol–water partition coefficient (Wildman–Crippen LogP) is 0.380. The highest BCUT2D eigenvalue weighted by atomic mass is 32.2. The number of hydrogen-bond acceptors (Lipinski definition) is 3. The summed E-state index contributed by atoms with van der Waals surface area (Å²) in [5.41, 5.74) is 0.740. The van der Waals surface area contributed by atoms with E-state index in [1.807, 2.05) is 6.07 Å². The number of carboxylic acid groups (broad SMARTS) is 1. The Bertz CT molecular complexity index is 499. The lowest BCUT2D eigenvalue weighted by Crippen LogP contribution is -2.42. The summed E-state index contributed by atoms with van der Waals surface area (Å²) in [6.45, 7) is -0.525. The highest BCUT2D eigenvalue weighted by Gasteiger charge is 2.26. The first kappa shape index (κ1) is 14.6. The van der Waals surface area contributed by atoms with Gasteiger partial charge in [-0.15, -0.1) is 0 Å². The monoisotopic (exact) mass is 272 g/mol. The molecule has 0 bridgehead atoms. The van der Waals surface area contributed by atoms with Crippen LogP contribution in [0, 0.1) is 0 Å². The lowest BCUT2D eigenvalue weighted by Gasteiger charge is -2.23. The molecule has 0 aromatic heterocycles. The summed E-state index contributed by atoms with van der Waals surface area (Å²) in [5.74, 6) is -1.18. The molecule has 100 valence electrons. The van der Waals surface area contributed by atoms with Gasteiger partial charge in [0.05, 0.1) is 0 Å². The number of rotatable bonds is 6. The minimum atomic E-state index is -3.75. The summed E-state index contributed by atoms with van der Waals surface area (Å²) < 4.78 is 25.8. The van der Waals surface area contributed by atoms with Crippen LogP contribution in [0.15, 0.2) is 30.3 Å². The third-order valence-electron chi connectivity index (χ3n) is 2.30. The minimum Gasteiger partial charge on any atom is -0.480 e. The average Bonchev–Trinajstić information content (AvgIpc) is 2.28. The molecular formula is C11H16N2O4S. The molecule has 1 rings (SSSR count). The van der Waals surface area contributed by atoms with Crippen LogP contribution in [0.1, 0.15) is 5.56 Å². The van der Waals surface area contributed by atoms with Crippen LogP contribution in [0.2, 0.25) is 0 Å². The highest BCUT2D eigenvalue weighted by Crippen LogP contribution is 2.10. The molecule has 18 heavy (non-hydrogen) atoms. The second-order valence-electron chi connectivity index (χ2n) is 3.94. The Labute approximate surface area is 107 Å². The number of nitrogens with zero attached hydrogens (tertiary/aromatic N) is 2. The third-order valence-corrected chi connectivity index (χ3v) is 4.13. The molecule has 0 amide bonds. The van der Waals surface area contributed by atoms with E-state index in [-0.39, 0.29) is 6.54 Å². The molecule has 1 aromatic rings. The lowest BCUT2D eigenvalue weighted by atomic mass is 10.2. The summed E-state index contributed by atoms with van der Waals surface area (Å²) >= 11 is 0. The van der Waals surface area contributed by atoms with Crippen LogP contribution < -0.4 is 0 Å². The SMILES string of the molecule is CN(C)S(=O)(=O)N(CC(=O)O)Cc1ccccc1. The molecule has 6 nitrogen and oxygen atoms in total. The van der Waals surface area contributed by atoms with E-state index in [1.165, 1.54) is 14.1 Å². The number of benzene rings is 1. The van der Waals surface area contributed by atoms with Crippen molar-refractivity contribution >= 4 is 16.2 Å². The van der Waals surface area contributed by atoms with Crippen molar-refractivity contribution in [2.75, 3.05) is 20.6 Å². The Balaban J connectivity index is 2.97. The summed E-state index contributed by atoms with van der Waals surface area (Å²) in [5, 5.41) is 8.78. The summed E-state index contributed by atoms with van der Waals surface area (Å²) in [6, 6.07) is 8.86. The maximum Gasteiger partial charge on any atom is 0.318 e. The van der Waals surface area contributed by atoms with Gasteiger partial charge in [0.15, 0.2) is 0 Å². The van der Waals surface area contributed by atoms with Crippen LogP contribution in [0.4, 0.5) is 0 Å². The Morgan fingerprint density at radius 3 is 2.22 bits per heavy atom. The van der Waals surface area contributed by atoms with Crippen molar-refractivity contribution in [2.45, 2.75) is 6.54 Å². The van der Waals surface area contributed by atoms with Crippen molar-refractivity contribution in [3.63, 3.8) is 0 Å². The van der Waals surface area contributed by atoms with Crippen molar-refractivity contribution in [3.05, 3.63) is 35.9 Å². The van der Waals surface area contributed by atoms with E-state index < -0.39 is 22.7 Å². The van der Waals surface area contributed by atoms with E-state index >= 15 is 0 Å². The van der Waals surface area contributed by atoms with E-state index in [2.05, 4.69) is 0 Å². The van der Waals surface area contributed by atoms with Crippen LogP contribution in [0.25, 0.3) is 0 Å². The lowest BCUT2D eigenvalue weighted by molar-refractivity contribution is -0.137. The zero-order chi connectivity index (χ0) is 13.8. The molecule has 0 spiro atoms. The molecule has 1 N–H and O–H groups in total. The number of carboxylic acids is 1. The van der Waals surface area contributed by atoms with E-state index in [0.29, 0.717) is 0 Å². The van der Waals surface area contributed by atoms with Gasteiger partial charge in [0.25, 0.3) is 10.2 Å². The quantitative estimate of drug-likeness (QED) is 0.812. The van der Waals surface area contributed by atoms with Gasteiger partial charge >= 0.3 is 5.97 Å². The molecular weight excluding hydrogens is 256 g/mol. The summed E-state index contributed by atoms with van der Waals surface area (Å²) in [4.78, 5) is 10.7. The zero-order valence-electron chi connectivity index (χ0n) is 10.3. The standard InChI is InChI=1S/C11H16N2O4S/c1-12(2)18(16,17)13(9-11(14)15)8-10-6-4-3-5-7-10/h3-7H,8-9H2,1-2H3,(H,14,15). The fourth-order valence-electron chi connectivity index (χ4n) is 1.39. The van der Waals surface area contributed by atoms with E-state index in [1.54, 1.807) is 24.3 Å². The van der Waals surface area contributed by atoms with Crippen molar-refractivity contribution in [1.82, 2.24) is 8.61 Å². The van der Waals surface area contributed by atoms with Crippen LogP contribution in [-0.2, 0) is 21.5 Å². The van der Waals surface area contributed by atoms with Crippen molar-refractivity contribution in [2.24, 2.45) is 0 Å². The molecule has 0 fully saturated rings. The van der Waals surface area contributed by atoms with Gasteiger partial charge in [-0.1, -0.05) is 30.3 Å². The second-order valence-corrected chi connectivity index (χ2v) is 6.08. The molecule has 0 aliphatic rings. The largest absolute Gasteiger partial charge is 0.480 e. The van der Waals surface area contributed by atoms with Crippen molar-refractivity contribution in [1.29, 1.82) is 0 Å². The minimum absolute atomic E-state index is 0.0354. The molecule has 0 saturated heterocycles. The molecule has 0 radical (unpaired) electrons. The van der Waals surface area contributed by atoms with Crippen molar-refractivity contribution < 1.29 is 18.3 Å². The molecule has 7 heteroatoms. The average molecular weight is 272 g/mol. The number of hydrogen-bond donors (Lipinski definition) is 1. The molecule has 0 aliphatic heterocycles. The first-order valence-electron chi connectivity index (χ1n) is 5.27. The normalized spacial score (nSPS) is 12.0. The predicted molar refractivity (Wildman–Crippen MR) is 67.1 cm³/mol. The van der Waals surface area contributed by atoms with Crippen molar-refractivity contribution in [3.8, 4) is 0 Å². The molecule has 0 heterocycles. The smallest absolute Gasteiger partial charge is 0.318 e. The van der Waals surface area contributed by atoms with Gasteiger partial charge in [-0.2, -0.15) is 17.0 Å². The van der Waals surface area contributed by atoms with Gasteiger partial charge in [-0.05, 0) is 5.56 Å². The topological polar surface area (TPSA) is 77.9 Å². The Hall–Kier alpha value is -1.44. The third kappa shape index (κ3) is 3.80. The molecule has 0 unspecified atom stereocenters. The van der Waals surface area contributed by atoms with Crippen LogP contribution in [0.5, 0.6) is 0 Å². The first-order chi connectivity index (χ1) is 8.34. The van der Waals surface area contributed by atoms with Crippen LogP contribution in [-0.4, -0.2) is 48.7 Å². The Morgan fingerprint density at radius 2 is 1.78 bits per heavy atom. The Kier molecular flexibility index (Phi) is 4.83. The van der Waals surface area contributed by atoms with Gasteiger partial charge in [-0.3, -0.25) is 4.79 Å². The second kappa shape index (κ2) is 5.94. The summed E-state index contributed by atoms with van der Waals surface area (Å²) in [7, 11) is -1.01. The molecule has 0 saturated carbocycles. The number of carbonyl (C=O) groups is 1.